The Morgan fingerprint density at radius 1 is 1.40 bits per heavy atom. The van der Waals surface area contributed by atoms with E-state index in [1.807, 2.05) is 13.8 Å². The van der Waals surface area contributed by atoms with Gasteiger partial charge in [0, 0.05) is 31.2 Å². The molecule has 8 heteroatoms. The van der Waals surface area contributed by atoms with Crippen LogP contribution in [-0.4, -0.2) is 34.9 Å². The number of rotatable bonds is 7. The quantitative estimate of drug-likeness (QED) is 0.592. The number of esters is 1. The lowest BCUT2D eigenvalue weighted by molar-refractivity contribution is 0.0522. The Hall–Kier alpha value is -1.70. The lowest BCUT2D eigenvalue weighted by Gasteiger charge is -2.05. The predicted molar refractivity (Wildman–Crippen MR) is 76.5 cm³/mol. The van der Waals surface area contributed by atoms with Crippen molar-refractivity contribution in [2.45, 2.75) is 38.8 Å². The number of aromatic nitrogens is 2. The number of amides is 2. The Kier molecular flexibility index (Phi) is 6.92. The third-order valence-corrected chi connectivity index (χ3v) is 3.11. The molecule has 0 radical (unpaired) electrons. The minimum absolute atomic E-state index is 0.296. The lowest BCUT2D eigenvalue weighted by atomic mass is 10.4. The van der Waals surface area contributed by atoms with Crippen molar-refractivity contribution in [3.05, 3.63) is 11.8 Å². The third kappa shape index (κ3) is 4.76. The number of urea groups is 1. The van der Waals surface area contributed by atoms with E-state index in [-0.39, 0.29) is 6.03 Å². The highest BCUT2D eigenvalue weighted by Gasteiger charge is 2.18. The Morgan fingerprint density at radius 2 is 2.15 bits per heavy atom. The topological polar surface area (TPSA) is 85.3 Å². The van der Waals surface area contributed by atoms with Crippen molar-refractivity contribution < 1.29 is 14.3 Å². The highest BCUT2D eigenvalue weighted by molar-refractivity contribution is 7.98. The SMILES string of the molecule is CCCNC(=O)NSc1nn(CC)cc1C(=O)OCC. The van der Waals surface area contributed by atoms with Crippen LogP contribution in [0.2, 0.25) is 0 Å². The van der Waals surface area contributed by atoms with Gasteiger partial charge in [-0.15, -0.1) is 0 Å². The number of aryl methyl sites for hydroxylation is 1. The molecule has 112 valence electrons. The number of hydrogen-bond donors (Lipinski definition) is 2. The first-order chi connectivity index (χ1) is 9.62. The third-order valence-electron chi connectivity index (χ3n) is 2.32. The highest BCUT2D eigenvalue weighted by Crippen LogP contribution is 2.19. The lowest BCUT2D eigenvalue weighted by Crippen LogP contribution is -2.31. The second-order valence-corrected chi connectivity index (χ2v) is 4.68. The van der Waals surface area contributed by atoms with Gasteiger partial charge in [-0.1, -0.05) is 6.92 Å². The van der Waals surface area contributed by atoms with Gasteiger partial charge in [0.05, 0.1) is 6.61 Å². The average Bonchev–Trinajstić information content (AvgIpc) is 2.86. The number of carbonyl (C=O) groups is 2. The Bertz CT molecular complexity index is 462. The van der Waals surface area contributed by atoms with Crippen LogP contribution in [0.25, 0.3) is 0 Å². The maximum atomic E-state index is 11.8. The van der Waals surface area contributed by atoms with E-state index in [4.69, 9.17) is 4.74 Å². The molecule has 1 aromatic heterocycles. The van der Waals surface area contributed by atoms with Crippen molar-refractivity contribution in [3.8, 4) is 0 Å². The van der Waals surface area contributed by atoms with Crippen LogP contribution >= 0.6 is 11.9 Å². The number of nitrogens with one attached hydrogen (secondary N) is 2. The summed E-state index contributed by atoms with van der Waals surface area (Å²) in [6, 6.07) is -0.308. The van der Waals surface area contributed by atoms with Crippen LogP contribution in [0.3, 0.4) is 0 Å². The van der Waals surface area contributed by atoms with Crippen LogP contribution in [-0.2, 0) is 11.3 Å². The van der Waals surface area contributed by atoms with Crippen molar-refractivity contribution >= 4 is 23.9 Å². The van der Waals surface area contributed by atoms with Gasteiger partial charge in [0.2, 0.25) is 0 Å². The molecule has 0 saturated heterocycles. The fourth-order valence-corrected chi connectivity index (χ4v) is 2.01. The standard InChI is InChI=1S/C12H20N4O3S/c1-4-7-13-12(18)15-20-10-9(11(17)19-6-3)8-16(5-2)14-10/h8H,4-7H2,1-3H3,(H2,13,15,18). The van der Waals surface area contributed by atoms with Crippen molar-refractivity contribution in [2.24, 2.45) is 0 Å². The van der Waals surface area contributed by atoms with Gasteiger partial charge in [0.25, 0.3) is 0 Å². The van der Waals surface area contributed by atoms with Gasteiger partial charge in [-0.2, -0.15) is 5.10 Å². The molecule has 0 atom stereocenters. The van der Waals surface area contributed by atoms with E-state index in [0.29, 0.717) is 30.3 Å². The summed E-state index contributed by atoms with van der Waals surface area (Å²) in [6.07, 6.45) is 2.47. The molecule has 20 heavy (non-hydrogen) atoms. The van der Waals surface area contributed by atoms with E-state index in [9.17, 15) is 9.59 Å². The summed E-state index contributed by atoms with van der Waals surface area (Å²) in [6.45, 7) is 7.15. The van der Waals surface area contributed by atoms with Crippen molar-refractivity contribution in [1.29, 1.82) is 0 Å². The Labute approximate surface area is 122 Å². The van der Waals surface area contributed by atoms with Crippen LogP contribution in [0.4, 0.5) is 4.79 Å². The van der Waals surface area contributed by atoms with E-state index in [2.05, 4.69) is 15.1 Å². The van der Waals surface area contributed by atoms with Gasteiger partial charge in [-0.05, 0) is 20.3 Å². The second-order valence-electron chi connectivity index (χ2n) is 3.88. The molecule has 0 fully saturated rings. The van der Waals surface area contributed by atoms with Crippen LogP contribution in [0.1, 0.15) is 37.6 Å². The van der Waals surface area contributed by atoms with Gasteiger partial charge in [-0.3, -0.25) is 9.40 Å². The summed E-state index contributed by atoms with van der Waals surface area (Å²) in [7, 11) is 0. The Balaban J connectivity index is 2.70. The fraction of sp³-hybridized carbons (Fsp3) is 0.583. The summed E-state index contributed by atoms with van der Waals surface area (Å²) in [5.74, 6) is -0.439. The number of nitrogens with zero attached hydrogens (tertiary/aromatic N) is 2. The number of ether oxygens (including phenoxy) is 1. The second kappa shape index (κ2) is 8.47. The van der Waals surface area contributed by atoms with E-state index in [0.717, 1.165) is 18.4 Å². The monoisotopic (exact) mass is 300 g/mol. The molecule has 7 nitrogen and oxygen atoms in total. The zero-order valence-corrected chi connectivity index (χ0v) is 12.7. The van der Waals surface area contributed by atoms with Gasteiger partial charge in [-0.25, -0.2) is 9.59 Å². The maximum Gasteiger partial charge on any atom is 0.342 e. The van der Waals surface area contributed by atoms with E-state index in [1.54, 1.807) is 17.8 Å². The van der Waals surface area contributed by atoms with Gasteiger partial charge in [0.15, 0.2) is 5.03 Å². The molecule has 0 saturated carbocycles. The molecule has 1 aromatic rings. The summed E-state index contributed by atoms with van der Waals surface area (Å²) < 4.78 is 9.18. The molecule has 0 aliphatic heterocycles. The molecule has 0 bridgehead atoms. The first kappa shape index (κ1) is 16.4. The molecule has 2 amide bonds. The fourth-order valence-electron chi connectivity index (χ4n) is 1.36. The molecular weight excluding hydrogens is 280 g/mol. The largest absolute Gasteiger partial charge is 0.462 e. The number of hydrogen-bond acceptors (Lipinski definition) is 5. The van der Waals surface area contributed by atoms with Crippen molar-refractivity contribution in [2.75, 3.05) is 13.2 Å². The summed E-state index contributed by atoms with van der Waals surface area (Å²) >= 11 is 1.00. The summed E-state index contributed by atoms with van der Waals surface area (Å²) in [5.41, 5.74) is 0.356. The zero-order chi connectivity index (χ0) is 15.0. The molecule has 2 N–H and O–H groups in total. The highest BCUT2D eigenvalue weighted by atomic mass is 32.2. The van der Waals surface area contributed by atoms with Crippen LogP contribution in [0.5, 0.6) is 0 Å². The van der Waals surface area contributed by atoms with E-state index < -0.39 is 5.97 Å². The normalized spacial score (nSPS) is 10.2. The van der Waals surface area contributed by atoms with Crippen LogP contribution < -0.4 is 10.0 Å². The maximum absolute atomic E-state index is 11.8. The molecule has 1 heterocycles. The molecule has 0 unspecified atom stereocenters. The van der Waals surface area contributed by atoms with Crippen LogP contribution in [0.15, 0.2) is 11.2 Å². The predicted octanol–water partition coefficient (Wildman–Crippen LogP) is 1.80. The minimum Gasteiger partial charge on any atom is -0.462 e. The molecule has 0 aromatic carbocycles. The van der Waals surface area contributed by atoms with Crippen molar-refractivity contribution in [3.63, 3.8) is 0 Å². The van der Waals surface area contributed by atoms with Gasteiger partial charge in [0.1, 0.15) is 5.56 Å². The van der Waals surface area contributed by atoms with Crippen molar-refractivity contribution in [1.82, 2.24) is 19.8 Å². The minimum atomic E-state index is -0.439. The van der Waals surface area contributed by atoms with E-state index in [1.165, 1.54) is 0 Å². The Morgan fingerprint density at radius 3 is 2.75 bits per heavy atom. The first-order valence-corrected chi connectivity index (χ1v) is 7.39. The zero-order valence-electron chi connectivity index (χ0n) is 11.9. The summed E-state index contributed by atoms with van der Waals surface area (Å²) in [5, 5.41) is 7.32. The smallest absolute Gasteiger partial charge is 0.342 e. The van der Waals surface area contributed by atoms with Gasteiger partial charge < -0.3 is 10.1 Å². The molecule has 0 spiro atoms. The summed E-state index contributed by atoms with van der Waals surface area (Å²) in [4.78, 5) is 23.3. The van der Waals surface area contributed by atoms with Gasteiger partial charge >= 0.3 is 12.0 Å². The molecule has 0 aliphatic carbocycles. The molecular formula is C12H20N4O3S. The van der Waals surface area contributed by atoms with E-state index >= 15 is 0 Å². The molecule has 1 rings (SSSR count). The average molecular weight is 300 g/mol. The number of carbonyl (C=O) groups excluding carboxylic acids is 2. The molecule has 0 aliphatic rings. The first-order valence-electron chi connectivity index (χ1n) is 6.57. The van der Waals surface area contributed by atoms with Crippen LogP contribution in [0, 0.1) is 0 Å².